The molecule has 5 atom stereocenters. The highest BCUT2D eigenvalue weighted by Crippen LogP contribution is 2.56. The molecule has 0 amide bonds. The van der Waals surface area contributed by atoms with E-state index in [1.54, 1.807) is 0 Å². The van der Waals surface area contributed by atoms with Crippen LogP contribution in [0.15, 0.2) is 12.2 Å². The van der Waals surface area contributed by atoms with E-state index in [9.17, 15) is 4.79 Å². The van der Waals surface area contributed by atoms with Crippen molar-refractivity contribution in [1.82, 2.24) is 0 Å². The number of carbonyl (C=O) groups is 1. The second kappa shape index (κ2) is 2.46. The van der Waals surface area contributed by atoms with Gasteiger partial charge < -0.3 is 0 Å². The summed E-state index contributed by atoms with van der Waals surface area (Å²) in [5, 5.41) is 0. The summed E-state index contributed by atoms with van der Waals surface area (Å²) in [6.45, 7) is 2.23. The second-order valence-corrected chi connectivity index (χ2v) is 4.89. The van der Waals surface area contributed by atoms with Crippen LogP contribution in [0.25, 0.3) is 0 Å². The molecule has 0 aromatic carbocycles. The van der Waals surface area contributed by atoms with Crippen molar-refractivity contribution in [2.75, 3.05) is 0 Å². The summed E-state index contributed by atoms with van der Waals surface area (Å²) in [4.78, 5) is 11.8. The third-order valence-electron chi connectivity index (χ3n) is 4.42. The Hall–Kier alpha value is -0.590. The van der Waals surface area contributed by atoms with Crippen LogP contribution in [0, 0.1) is 29.6 Å². The molecule has 2 bridgehead atoms. The van der Waals surface area contributed by atoms with E-state index in [4.69, 9.17) is 0 Å². The lowest BCUT2D eigenvalue weighted by Crippen LogP contribution is -2.21. The van der Waals surface area contributed by atoms with Crippen LogP contribution in [0.1, 0.15) is 26.2 Å². The molecule has 3 aliphatic rings. The van der Waals surface area contributed by atoms with E-state index in [0.29, 0.717) is 23.5 Å². The SMILES string of the molecule is CCC1CC(=O)C2C3C=CC(C3)C12. The van der Waals surface area contributed by atoms with Gasteiger partial charge in [-0.15, -0.1) is 0 Å². The van der Waals surface area contributed by atoms with E-state index in [2.05, 4.69) is 19.1 Å². The molecule has 70 valence electrons. The van der Waals surface area contributed by atoms with Gasteiger partial charge >= 0.3 is 0 Å². The largest absolute Gasteiger partial charge is 0.299 e. The Morgan fingerprint density at radius 2 is 2.15 bits per heavy atom. The maximum atomic E-state index is 11.8. The molecule has 3 aliphatic carbocycles. The molecule has 0 radical (unpaired) electrons. The van der Waals surface area contributed by atoms with Crippen molar-refractivity contribution >= 4 is 5.78 Å². The minimum atomic E-state index is 0.431. The molecule has 0 saturated heterocycles. The Bertz CT molecular complexity index is 279. The van der Waals surface area contributed by atoms with Crippen LogP contribution < -0.4 is 0 Å². The van der Waals surface area contributed by atoms with Crippen LogP contribution in [0.3, 0.4) is 0 Å². The average molecular weight is 176 g/mol. The standard InChI is InChI=1S/C12H16O/c1-2-7-6-10(13)12-9-4-3-8(5-9)11(7)12/h3-4,7-9,11-12H,2,5-6H2,1H3. The molecule has 3 rings (SSSR count). The number of allylic oxidation sites excluding steroid dienone is 2. The molecule has 0 spiro atoms. The van der Waals surface area contributed by atoms with Gasteiger partial charge in [0.1, 0.15) is 5.78 Å². The van der Waals surface area contributed by atoms with Gasteiger partial charge in [-0.25, -0.2) is 0 Å². The first-order chi connectivity index (χ1) is 6.31. The maximum absolute atomic E-state index is 11.8. The smallest absolute Gasteiger partial charge is 0.137 e. The summed E-state index contributed by atoms with van der Waals surface area (Å²) < 4.78 is 0. The molecule has 2 fully saturated rings. The van der Waals surface area contributed by atoms with Crippen LogP contribution in [0.5, 0.6) is 0 Å². The number of hydrogen-bond acceptors (Lipinski definition) is 1. The predicted molar refractivity (Wildman–Crippen MR) is 51.1 cm³/mol. The lowest BCUT2D eigenvalue weighted by molar-refractivity contribution is -0.121. The van der Waals surface area contributed by atoms with Gasteiger partial charge in [-0.3, -0.25) is 4.79 Å². The van der Waals surface area contributed by atoms with Crippen molar-refractivity contribution in [2.24, 2.45) is 29.6 Å². The summed E-state index contributed by atoms with van der Waals surface area (Å²) in [6, 6.07) is 0. The summed E-state index contributed by atoms with van der Waals surface area (Å²) >= 11 is 0. The zero-order valence-corrected chi connectivity index (χ0v) is 8.07. The number of hydrogen-bond donors (Lipinski definition) is 0. The quantitative estimate of drug-likeness (QED) is 0.561. The molecular formula is C12H16O. The number of rotatable bonds is 1. The van der Waals surface area contributed by atoms with Crippen molar-refractivity contribution in [1.29, 1.82) is 0 Å². The topological polar surface area (TPSA) is 17.1 Å². The van der Waals surface area contributed by atoms with Crippen LogP contribution in [0.4, 0.5) is 0 Å². The zero-order valence-electron chi connectivity index (χ0n) is 8.07. The van der Waals surface area contributed by atoms with Gasteiger partial charge in [0.15, 0.2) is 0 Å². The molecule has 13 heavy (non-hydrogen) atoms. The molecule has 0 aromatic rings. The van der Waals surface area contributed by atoms with Gasteiger partial charge in [0.05, 0.1) is 0 Å². The summed E-state index contributed by atoms with van der Waals surface area (Å²) in [6.07, 6.45) is 8.01. The second-order valence-electron chi connectivity index (χ2n) is 4.89. The summed E-state index contributed by atoms with van der Waals surface area (Å²) in [5.74, 6) is 3.81. The zero-order chi connectivity index (χ0) is 9.00. The van der Waals surface area contributed by atoms with E-state index in [0.717, 1.165) is 18.3 Å². The van der Waals surface area contributed by atoms with Crippen molar-refractivity contribution in [3.05, 3.63) is 12.2 Å². The first-order valence-corrected chi connectivity index (χ1v) is 5.52. The van der Waals surface area contributed by atoms with Gasteiger partial charge in [-0.2, -0.15) is 0 Å². The highest BCUT2D eigenvalue weighted by Gasteiger charge is 2.54. The molecule has 2 saturated carbocycles. The molecule has 1 heteroatoms. The molecule has 1 nitrogen and oxygen atoms in total. The molecule has 0 aliphatic heterocycles. The number of Topliss-reactive ketones (excluding diaryl/α,β-unsaturated/α-hetero) is 1. The fourth-order valence-corrected chi connectivity index (χ4v) is 3.90. The average Bonchev–Trinajstić information content (AvgIpc) is 2.76. The first kappa shape index (κ1) is 7.78. The predicted octanol–water partition coefficient (Wildman–Crippen LogP) is 2.42. The van der Waals surface area contributed by atoms with E-state index in [1.165, 1.54) is 12.8 Å². The molecular weight excluding hydrogens is 160 g/mol. The number of fused-ring (bicyclic) bond motifs is 5. The third kappa shape index (κ3) is 0.853. The molecule has 5 unspecified atom stereocenters. The van der Waals surface area contributed by atoms with Crippen molar-refractivity contribution in [3.63, 3.8) is 0 Å². The van der Waals surface area contributed by atoms with Gasteiger partial charge in [0.2, 0.25) is 0 Å². The lowest BCUT2D eigenvalue weighted by Gasteiger charge is -2.23. The minimum absolute atomic E-state index is 0.431. The monoisotopic (exact) mass is 176 g/mol. The number of ketones is 1. The van der Waals surface area contributed by atoms with Crippen molar-refractivity contribution < 1.29 is 4.79 Å². The normalized spacial score (nSPS) is 51.8. The van der Waals surface area contributed by atoms with E-state index >= 15 is 0 Å². The Balaban J connectivity index is 1.97. The van der Waals surface area contributed by atoms with E-state index < -0.39 is 0 Å². The minimum Gasteiger partial charge on any atom is -0.299 e. The Morgan fingerprint density at radius 1 is 1.38 bits per heavy atom. The fraction of sp³-hybridized carbons (Fsp3) is 0.750. The highest BCUT2D eigenvalue weighted by atomic mass is 16.1. The molecule has 0 aromatic heterocycles. The van der Waals surface area contributed by atoms with Crippen LogP contribution >= 0.6 is 0 Å². The van der Waals surface area contributed by atoms with E-state index in [-0.39, 0.29) is 0 Å². The van der Waals surface area contributed by atoms with Gasteiger partial charge in [-0.05, 0) is 30.1 Å². The summed E-state index contributed by atoms with van der Waals surface area (Å²) in [7, 11) is 0. The van der Waals surface area contributed by atoms with Crippen molar-refractivity contribution in [2.45, 2.75) is 26.2 Å². The summed E-state index contributed by atoms with van der Waals surface area (Å²) in [5.41, 5.74) is 0. The molecule has 0 N–H and O–H groups in total. The van der Waals surface area contributed by atoms with Gasteiger partial charge in [0.25, 0.3) is 0 Å². The fourth-order valence-electron chi connectivity index (χ4n) is 3.90. The van der Waals surface area contributed by atoms with Gasteiger partial charge in [0, 0.05) is 12.3 Å². The van der Waals surface area contributed by atoms with Crippen LogP contribution in [0.2, 0.25) is 0 Å². The van der Waals surface area contributed by atoms with Gasteiger partial charge in [-0.1, -0.05) is 25.5 Å². The van der Waals surface area contributed by atoms with E-state index in [1.807, 2.05) is 0 Å². The molecule has 0 heterocycles. The first-order valence-electron chi connectivity index (χ1n) is 5.52. The highest BCUT2D eigenvalue weighted by molar-refractivity contribution is 5.85. The lowest BCUT2D eigenvalue weighted by atomic mass is 9.80. The van der Waals surface area contributed by atoms with Crippen LogP contribution in [-0.2, 0) is 4.79 Å². The number of carbonyl (C=O) groups excluding carboxylic acids is 1. The Labute approximate surface area is 79.2 Å². The Morgan fingerprint density at radius 3 is 2.92 bits per heavy atom. The maximum Gasteiger partial charge on any atom is 0.137 e. The van der Waals surface area contributed by atoms with Crippen molar-refractivity contribution in [3.8, 4) is 0 Å². The third-order valence-corrected chi connectivity index (χ3v) is 4.42. The Kier molecular flexibility index (Phi) is 1.47. The van der Waals surface area contributed by atoms with Crippen LogP contribution in [-0.4, -0.2) is 5.78 Å².